The van der Waals surface area contributed by atoms with Crippen LogP contribution in [0.5, 0.6) is 0 Å². The maximum atomic E-state index is 13.1. The Morgan fingerprint density at radius 1 is 1.14 bits per heavy atom. The molecule has 29 heavy (non-hydrogen) atoms. The summed E-state index contributed by atoms with van der Waals surface area (Å²) in [5, 5.41) is 12.7. The molecule has 1 atom stereocenters. The van der Waals surface area contributed by atoms with Gasteiger partial charge in [-0.3, -0.25) is 4.79 Å². The summed E-state index contributed by atoms with van der Waals surface area (Å²) in [5.74, 6) is -1.26. The number of fused-ring (bicyclic) bond motifs is 1. The predicted molar refractivity (Wildman–Crippen MR) is 110 cm³/mol. The Labute approximate surface area is 168 Å². The van der Waals surface area contributed by atoms with Crippen LogP contribution in [0.15, 0.2) is 42.5 Å². The van der Waals surface area contributed by atoms with Gasteiger partial charge in [-0.25, -0.2) is 9.78 Å². The smallest absolute Gasteiger partial charge is 0.335 e. The van der Waals surface area contributed by atoms with Crippen LogP contribution in [0.3, 0.4) is 0 Å². The molecule has 6 nitrogen and oxygen atoms in total. The number of hydrogen-bond donors (Lipinski definition) is 2. The Balaban J connectivity index is 1.75. The number of aryl methyl sites for hydroxylation is 2. The topological polar surface area (TPSA) is 88.5 Å². The number of hydrogen-bond acceptors (Lipinski definition) is 4. The zero-order valence-corrected chi connectivity index (χ0v) is 16.4. The normalized spacial score (nSPS) is 16.1. The molecule has 1 fully saturated rings. The van der Waals surface area contributed by atoms with Gasteiger partial charge in [-0.05, 0) is 68.7 Å². The lowest BCUT2D eigenvalue weighted by Crippen LogP contribution is -2.15. The Morgan fingerprint density at radius 3 is 2.55 bits per heavy atom. The van der Waals surface area contributed by atoms with Gasteiger partial charge in [0.2, 0.25) is 0 Å². The number of aromatic nitrogens is 1. The number of benzene rings is 2. The van der Waals surface area contributed by atoms with Gasteiger partial charge in [0, 0.05) is 17.7 Å². The van der Waals surface area contributed by atoms with Crippen molar-refractivity contribution in [3.05, 3.63) is 70.4 Å². The number of carboxylic acids is 1. The maximum absolute atomic E-state index is 13.1. The molecule has 2 N–H and O–H groups in total. The number of pyridine rings is 1. The molecule has 0 saturated carbocycles. The van der Waals surface area contributed by atoms with Crippen molar-refractivity contribution in [3.8, 4) is 0 Å². The molecule has 0 aliphatic carbocycles. The molecule has 1 aromatic heterocycles. The lowest BCUT2D eigenvalue weighted by Gasteiger charge is -2.15. The summed E-state index contributed by atoms with van der Waals surface area (Å²) in [6.07, 6.45) is 1.78. The highest BCUT2D eigenvalue weighted by atomic mass is 16.5. The van der Waals surface area contributed by atoms with Crippen LogP contribution in [0.25, 0.3) is 10.9 Å². The van der Waals surface area contributed by atoms with E-state index >= 15 is 0 Å². The van der Waals surface area contributed by atoms with Gasteiger partial charge >= 0.3 is 5.97 Å². The average Bonchev–Trinajstić information content (AvgIpc) is 3.22. The number of carbonyl (C=O) groups excluding carboxylic acids is 1. The van der Waals surface area contributed by atoms with E-state index in [4.69, 9.17) is 14.8 Å². The number of ether oxygens (including phenoxy) is 1. The number of nitrogens with one attached hydrogen (secondary N) is 1. The van der Waals surface area contributed by atoms with Gasteiger partial charge in [0.05, 0.1) is 28.4 Å². The summed E-state index contributed by atoms with van der Waals surface area (Å²) in [5.41, 5.74) is 4.89. The van der Waals surface area contributed by atoms with Crippen LogP contribution in [-0.4, -0.2) is 28.6 Å². The standard InChI is InChI=1S/C23H22N2O4/c1-13-10-14(2)21-17(11-13)18(12-19(25-21)20-4-3-9-29-20)22(26)24-16-7-5-15(6-8-16)23(27)28/h5-8,10-12,20H,3-4,9H2,1-2H3,(H,24,26)(H,27,28). The minimum Gasteiger partial charge on any atom is -0.478 e. The molecule has 148 valence electrons. The van der Waals surface area contributed by atoms with Crippen LogP contribution in [-0.2, 0) is 4.74 Å². The number of carboxylic acid groups (broad SMARTS) is 1. The van der Waals surface area contributed by atoms with Gasteiger partial charge < -0.3 is 15.2 Å². The van der Waals surface area contributed by atoms with Crippen molar-refractivity contribution in [2.75, 3.05) is 11.9 Å². The molecule has 1 unspecified atom stereocenters. The number of anilines is 1. The van der Waals surface area contributed by atoms with E-state index in [1.807, 2.05) is 26.0 Å². The fourth-order valence-electron chi connectivity index (χ4n) is 3.76. The molecule has 1 aliphatic heterocycles. The molecule has 1 aliphatic rings. The molecule has 0 radical (unpaired) electrons. The summed E-state index contributed by atoms with van der Waals surface area (Å²) in [7, 11) is 0. The van der Waals surface area contributed by atoms with E-state index in [0.717, 1.165) is 40.6 Å². The second-order valence-electron chi connectivity index (χ2n) is 7.41. The van der Waals surface area contributed by atoms with Gasteiger partial charge in [0.1, 0.15) is 0 Å². The van der Waals surface area contributed by atoms with Crippen LogP contribution < -0.4 is 5.32 Å². The Morgan fingerprint density at radius 2 is 1.90 bits per heavy atom. The van der Waals surface area contributed by atoms with Gasteiger partial charge in [-0.2, -0.15) is 0 Å². The molecule has 1 amide bonds. The van der Waals surface area contributed by atoms with E-state index in [0.29, 0.717) is 17.9 Å². The van der Waals surface area contributed by atoms with E-state index in [2.05, 4.69) is 11.4 Å². The number of aromatic carboxylic acids is 1. The van der Waals surface area contributed by atoms with E-state index in [1.165, 1.54) is 12.1 Å². The van der Waals surface area contributed by atoms with Crippen molar-refractivity contribution in [2.45, 2.75) is 32.8 Å². The lowest BCUT2D eigenvalue weighted by molar-refractivity contribution is 0.0696. The number of amides is 1. The maximum Gasteiger partial charge on any atom is 0.335 e. The third kappa shape index (κ3) is 3.84. The van der Waals surface area contributed by atoms with Crippen molar-refractivity contribution in [1.29, 1.82) is 0 Å². The summed E-state index contributed by atoms with van der Waals surface area (Å²) in [6.45, 7) is 4.69. The van der Waals surface area contributed by atoms with Crippen LogP contribution in [0.4, 0.5) is 5.69 Å². The highest BCUT2D eigenvalue weighted by Crippen LogP contribution is 2.32. The quantitative estimate of drug-likeness (QED) is 0.677. The lowest BCUT2D eigenvalue weighted by atomic mass is 9.99. The van der Waals surface area contributed by atoms with E-state index in [-0.39, 0.29) is 17.6 Å². The van der Waals surface area contributed by atoms with E-state index in [9.17, 15) is 9.59 Å². The van der Waals surface area contributed by atoms with Crippen molar-refractivity contribution in [2.24, 2.45) is 0 Å². The van der Waals surface area contributed by atoms with Gasteiger partial charge in [-0.1, -0.05) is 11.6 Å². The summed E-state index contributed by atoms with van der Waals surface area (Å²) in [6, 6.07) is 11.9. The summed E-state index contributed by atoms with van der Waals surface area (Å²) in [4.78, 5) is 29.0. The van der Waals surface area contributed by atoms with Crippen LogP contribution >= 0.6 is 0 Å². The monoisotopic (exact) mass is 390 g/mol. The molecule has 6 heteroatoms. The number of carbonyl (C=O) groups is 2. The van der Waals surface area contributed by atoms with Gasteiger partial charge in [-0.15, -0.1) is 0 Å². The predicted octanol–water partition coefficient (Wildman–Crippen LogP) is 4.65. The first-order valence-electron chi connectivity index (χ1n) is 9.60. The fourth-order valence-corrected chi connectivity index (χ4v) is 3.76. The molecule has 0 bridgehead atoms. The first kappa shape index (κ1) is 19.1. The van der Waals surface area contributed by atoms with Crippen molar-refractivity contribution < 1.29 is 19.4 Å². The molecule has 4 rings (SSSR count). The largest absolute Gasteiger partial charge is 0.478 e. The highest BCUT2D eigenvalue weighted by Gasteiger charge is 2.23. The van der Waals surface area contributed by atoms with Gasteiger partial charge in [0.15, 0.2) is 0 Å². The molecule has 0 spiro atoms. The molecular formula is C23H22N2O4. The number of nitrogens with zero attached hydrogens (tertiary/aromatic N) is 1. The van der Waals surface area contributed by atoms with Crippen LogP contribution in [0.2, 0.25) is 0 Å². The third-order valence-corrected chi connectivity index (χ3v) is 5.16. The van der Waals surface area contributed by atoms with E-state index in [1.54, 1.807) is 12.1 Å². The minimum absolute atomic E-state index is 0.0958. The van der Waals surface area contributed by atoms with Crippen molar-refractivity contribution >= 4 is 28.5 Å². The first-order chi connectivity index (χ1) is 13.9. The zero-order chi connectivity index (χ0) is 20.5. The van der Waals surface area contributed by atoms with Crippen LogP contribution in [0, 0.1) is 13.8 Å². The number of rotatable bonds is 4. The summed E-state index contributed by atoms with van der Waals surface area (Å²) < 4.78 is 5.79. The average molecular weight is 390 g/mol. The fraction of sp³-hybridized carbons (Fsp3) is 0.261. The summed E-state index contributed by atoms with van der Waals surface area (Å²) >= 11 is 0. The molecule has 2 aromatic carbocycles. The molecule has 2 heterocycles. The molecular weight excluding hydrogens is 368 g/mol. The Kier molecular flexibility index (Phi) is 5.03. The Bertz CT molecular complexity index is 1100. The van der Waals surface area contributed by atoms with Crippen LogP contribution in [0.1, 0.15) is 56.5 Å². The highest BCUT2D eigenvalue weighted by molar-refractivity contribution is 6.13. The van der Waals surface area contributed by atoms with Crippen molar-refractivity contribution in [1.82, 2.24) is 4.98 Å². The third-order valence-electron chi connectivity index (χ3n) is 5.16. The SMILES string of the molecule is Cc1cc(C)c2nc(C3CCCO3)cc(C(=O)Nc3ccc(C(=O)O)cc3)c2c1. The van der Waals surface area contributed by atoms with Gasteiger partial charge in [0.25, 0.3) is 5.91 Å². The molecule has 1 saturated heterocycles. The second-order valence-corrected chi connectivity index (χ2v) is 7.41. The first-order valence-corrected chi connectivity index (χ1v) is 9.60. The Hall–Kier alpha value is -3.25. The molecule has 3 aromatic rings. The van der Waals surface area contributed by atoms with Crippen molar-refractivity contribution in [3.63, 3.8) is 0 Å². The zero-order valence-electron chi connectivity index (χ0n) is 16.4. The minimum atomic E-state index is -1.00. The second kappa shape index (κ2) is 7.64. The van der Waals surface area contributed by atoms with E-state index < -0.39 is 5.97 Å².